The van der Waals surface area contributed by atoms with Crippen molar-refractivity contribution in [3.05, 3.63) is 65.0 Å². The molecule has 1 N–H and O–H groups in total. The Hall–Kier alpha value is -2.73. The van der Waals surface area contributed by atoms with Crippen molar-refractivity contribution in [2.45, 2.75) is 19.8 Å². The molecule has 136 valence electrons. The van der Waals surface area contributed by atoms with Gasteiger partial charge in [0, 0.05) is 5.56 Å². The minimum Gasteiger partial charge on any atom is -0.478 e. The molecule has 26 heavy (non-hydrogen) atoms. The van der Waals surface area contributed by atoms with Gasteiger partial charge in [-0.25, -0.2) is 9.29 Å². The Balaban J connectivity index is 0.00000243. The molecule has 5 nitrogen and oxygen atoms in total. The summed E-state index contributed by atoms with van der Waals surface area (Å²) in [7, 11) is 0. The highest BCUT2D eigenvalue weighted by atomic mass is 35.5. The van der Waals surface area contributed by atoms with Gasteiger partial charge in [0.15, 0.2) is 0 Å². The zero-order valence-corrected chi connectivity index (χ0v) is 14.9. The van der Waals surface area contributed by atoms with Gasteiger partial charge >= 0.3 is 0 Å². The molecular formula is C19H18ClFN2O3. The highest BCUT2D eigenvalue weighted by molar-refractivity contribution is 6.34. The third-order valence-corrected chi connectivity index (χ3v) is 3.99. The minimum atomic E-state index is -0.754. The summed E-state index contributed by atoms with van der Waals surface area (Å²) in [4.78, 5) is 25.7. The number of ether oxygens (including phenoxy) is 1. The highest BCUT2D eigenvalue weighted by Crippen LogP contribution is 2.30. The van der Waals surface area contributed by atoms with Crippen molar-refractivity contribution >= 4 is 35.8 Å². The van der Waals surface area contributed by atoms with Crippen LogP contribution in [0.1, 0.15) is 46.0 Å². The number of fused-ring (bicyclic) bond motifs is 1. The van der Waals surface area contributed by atoms with E-state index >= 15 is 0 Å². The Morgan fingerprint density at radius 1 is 1.12 bits per heavy atom. The quantitative estimate of drug-likeness (QED) is 0.368. The zero-order chi connectivity index (χ0) is 18.0. The normalized spacial score (nSPS) is 12.6. The predicted octanol–water partition coefficient (Wildman–Crippen LogP) is 4.19. The second-order valence-electron chi connectivity index (χ2n) is 5.69. The van der Waals surface area contributed by atoms with E-state index in [0.717, 1.165) is 23.8 Å². The first-order chi connectivity index (χ1) is 12.0. The number of amides is 2. The van der Waals surface area contributed by atoms with Gasteiger partial charge in [0.25, 0.3) is 11.8 Å². The summed E-state index contributed by atoms with van der Waals surface area (Å²) in [5, 5.41) is 7.83. The number of hydrogen-bond donors (Lipinski definition) is 1. The van der Waals surface area contributed by atoms with Crippen molar-refractivity contribution in [1.29, 1.82) is 5.41 Å². The van der Waals surface area contributed by atoms with Gasteiger partial charge in [0.1, 0.15) is 5.82 Å². The molecule has 0 unspecified atom stereocenters. The maximum atomic E-state index is 14.5. The lowest BCUT2D eigenvalue weighted by molar-refractivity contribution is 0.0925. The molecule has 0 bridgehead atoms. The fourth-order valence-corrected chi connectivity index (χ4v) is 2.64. The zero-order valence-electron chi connectivity index (χ0n) is 14.1. The van der Waals surface area contributed by atoms with E-state index < -0.39 is 17.6 Å². The van der Waals surface area contributed by atoms with Gasteiger partial charge in [-0.3, -0.25) is 15.0 Å². The van der Waals surface area contributed by atoms with E-state index in [0.29, 0.717) is 6.61 Å². The van der Waals surface area contributed by atoms with Crippen LogP contribution < -0.4 is 4.90 Å². The summed E-state index contributed by atoms with van der Waals surface area (Å²) < 4.78 is 19.8. The fourth-order valence-electron chi connectivity index (χ4n) is 2.64. The van der Waals surface area contributed by atoms with Crippen LogP contribution in [0.2, 0.25) is 0 Å². The molecule has 0 spiro atoms. The molecule has 0 atom stereocenters. The summed E-state index contributed by atoms with van der Waals surface area (Å²) in [6.07, 6.45) is 1.73. The first kappa shape index (κ1) is 19.6. The molecule has 1 heterocycles. The van der Waals surface area contributed by atoms with Crippen LogP contribution in [0.3, 0.4) is 0 Å². The van der Waals surface area contributed by atoms with E-state index in [2.05, 4.69) is 0 Å². The Kier molecular flexibility index (Phi) is 6.10. The van der Waals surface area contributed by atoms with Crippen molar-refractivity contribution in [2.24, 2.45) is 0 Å². The summed E-state index contributed by atoms with van der Waals surface area (Å²) in [6.45, 7) is 2.39. The second kappa shape index (κ2) is 8.10. The average molecular weight is 377 g/mol. The molecule has 0 fully saturated rings. The van der Waals surface area contributed by atoms with Crippen molar-refractivity contribution < 1.29 is 18.7 Å². The van der Waals surface area contributed by atoms with E-state index in [4.69, 9.17) is 10.1 Å². The summed E-state index contributed by atoms with van der Waals surface area (Å²) in [6, 6.07) is 10.3. The van der Waals surface area contributed by atoms with Crippen molar-refractivity contribution in [1.82, 2.24) is 0 Å². The smallest absolute Gasteiger partial charge is 0.266 e. The maximum absolute atomic E-state index is 14.5. The number of imide groups is 1. The molecule has 1 aliphatic heterocycles. The SMILES string of the molecule is CCCCOC(=N)c1ccc(N2C(=O)c3ccccc3C2=O)c(F)c1.Cl. The van der Waals surface area contributed by atoms with E-state index in [1.54, 1.807) is 24.3 Å². The minimum absolute atomic E-state index is 0. The molecule has 2 aromatic carbocycles. The van der Waals surface area contributed by atoms with Crippen molar-refractivity contribution in [2.75, 3.05) is 11.5 Å². The largest absolute Gasteiger partial charge is 0.478 e. The number of anilines is 1. The lowest BCUT2D eigenvalue weighted by Gasteiger charge is -2.16. The Morgan fingerprint density at radius 2 is 1.73 bits per heavy atom. The summed E-state index contributed by atoms with van der Waals surface area (Å²) >= 11 is 0. The topological polar surface area (TPSA) is 70.5 Å². The molecule has 0 aromatic heterocycles. The van der Waals surface area contributed by atoms with Crippen LogP contribution >= 0.6 is 12.4 Å². The van der Waals surface area contributed by atoms with Crippen LogP contribution in [-0.4, -0.2) is 24.3 Å². The van der Waals surface area contributed by atoms with Gasteiger partial charge in [-0.1, -0.05) is 25.5 Å². The van der Waals surface area contributed by atoms with E-state index in [1.165, 1.54) is 12.1 Å². The summed E-state index contributed by atoms with van der Waals surface area (Å²) in [5.74, 6) is -2.00. The number of benzene rings is 2. The first-order valence-corrected chi connectivity index (χ1v) is 8.03. The van der Waals surface area contributed by atoms with Gasteiger partial charge < -0.3 is 4.74 Å². The fraction of sp³-hybridized carbons (Fsp3) is 0.211. The Morgan fingerprint density at radius 3 is 2.27 bits per heavy atom. The number of carbonyl (C=O) groups excluding carboxylic acids is 2. The van der Waals surface area contributed by atoms with Gasteiger partial charge in [-0.2, -0.15) is 0 Å². The van der Waals surface area contributed by atoms with Gasteiger partial charge in [-0.05, 0) is 36.8 Å². The number of carbonyl (C=O) groups is 2. The third kappa shape index (κ3) is 3.46. The molecule has 0 saturated heterocycles. The number of unbranched alkanes of at least 4 members (excludes halogenated alkanes) is 1. The lowest BCUT2D eigenvalue weighted by Crippen LogP contribution is -2.30. The standard InChI is InChI=1S/C19H17FN2O3.ClH/c1-2-3-10-25-17(21)12-8-9-16(15(20)11-12)22-18(23)13-6-4-5-7-14(13)19(22)24;/h4-9,11,21H,2-3,10H2,1H3;1H. The number of rotatable bonds is 5. The number of nitrogens with zero attached hydrogens (tertiary/aromatic N) is 1. The van der Waals surface area contributed by atoms with E-state index in [-0.39, 0.29) is 40.7 Å². The van der Waals surface area contributed by atoms with Gasteiger partial charge in [0.2, 0.25) is 5.90 Å². The highest BCUT2D eigenvalue weighted by Gasteiger charge is 2.37. The van der Waals surface area contributed by atoms with Crippen molar-refractivity contribution in [3.63, 3.8) is 0 Å². The molecule has 3 rings (SSSR count). The van der Waals surface area contributed by atoms with Crippen LogP contribution in [0.25, 0.3) is 0 Å². The average Bonchev–Trinajstić information content (AvgIpc) is 2.87. The molecule has 0 radical (unpaired) electrons. The second-order valence-corrected chi connectivity index (χ2v) is 5.69. The molecule has 1 aliphatic rings. The lowest BCUT2D eigenvalue weighted by atomic mass is 10.1. The summed E-state index contributed by atoms with van der Waals surface area (Å²) in [5.41, 5.74) is 0.642. The number of hydrogen-bond acceptors (Lipinski definition) is 4. The van der Waals surface area contributed by atoms with Gasteiger partial charge in [-0.15, -0.1) is 12.4 Å². The monoisotopic (exact) mass is 376 g/mol. The van der Waals surface area contributed by atoms with Gasteiger partial charge in [0.05, 0.1) is 23.4 Å². The van der Waals surface area contributed by atoms with Crippen LogP contribution in [-0.2, 0) is 4.74 Å². The van der Waals surface area contributed by atoms with Crippen molar-refractivity contribution in [3.8, 4) is 0 Å². The number of halogens is 2. The number of nitrogens with one attached hydrogen (secondary N) is 1. The van der Waals surface area contributed by atoms with E-state index in [9.17, 15) is 14.0 Å². The predicted molar refractivity (Wildman–Crippen MR) is 98.9 cm³/mol. The maximum Gasteiger partial charge on any atom is 0.266 e. The molecule has 0 saturated carbocycles. The third-order valence-electron chi connectivity index (χ3n) is 3.99. The van der Waals surface area contributed by atoms with E-state index in [1.807, 2.05) is 6.92 Å². The van der Waals surface area contributed by atoms with Crippen LogP contribution in [0.5, 0.6) is 0 Å². The van der Waals surface area contributed by atoms with Crippen LogP contribution in [0.4, 0.5) is 10.1 Å². The molecule has 2 amide bonds. The van der Waals surface area contributed by atoms with Crippen LogP contribution in [0, 0.1) is 11.2 Å². The molecular weight excluding hydrogens is 359 g/mol. The molecule has 2 aromatic rings. The Bertz CT molecular complexity index is 835. The molecule has 7 heteroatoms. The molecule has 0 aliphatic carbocycles. The Labute approximate surface area is 156 Å². The first-order valence-electron chi connectivity index (χ1n) is 8.03. The van der Waals surface area contributed by atoms with Crippen LogP contribution in [0.15, 0.2) is 42.5 Å².